The number of esters is 1. The van der Waals surface area contributed by atoms with Crippen molar-refractivity contribution in [2.45, 2.75) is 13.3 Å². The summed E-state index contributed by atoms with van der Waals surface area (Å²) in [5.41, 5.74) is 1.21. The molecule has 0 N–H and O–H groups in total. The third-order valence-electron chi connectivity index (χ3n) is 1.78. The van der Waals surface area contributed by atoms with Crippen molar-refractivity contribution in [3.05, 3.63) is 61.4 Å². The Morgan fingerprint density at radius 3 is 2.27 bits per heavy atom. The fraction of sp³-hybridized carbons (Fsp3) is 0.154. The lowest BCUT2D eigenvalue weighted by Gasteiger charge is -2.05. The molecular formula is C13H16O2. The topological polar surface area (TPSA) is 26.3 Å². The first-order valence-corrected chi connectivity index (χ1v) is 4.62. The van der Waals surface area contributed by atoms with E-state index in [1.165, 1.54) is 0 Å². The largest absolute Gasteiger partial charge is 0.432 e. The van der Waals surface area contributed by atoms with Crippen LogP contribution in [0.2, 0.25) is 0 Å². The molecule has 0 fully saturated rings. The van der Waals surface area contributed by atoms with E-state index >= 15 is 0 Å². The van der Waals surface area contributed by atoms with E-state index in [-0.39, 0.29) is 0 Å². The Morgan fingerprint density at radius 2 is 1.87 bits per heavy atom. The number of rotatable bonds is 6. The third kappa shape index (κ3) is 4.27. The molecule has 15 heavy (non-hydrogen) atoms. The van der Waals surface area contributed by atoms with Gasteiger partial charge in [0.15, 0.2) is 0 Å². The summed E-state index contributed by atoms with van der Waals surface area (Å²) in [7, 11) is 0. The molecule has 0 amide bonds. The summed E-state index contributed by atoms with van der Waals surface area (Å²) in [5.74, 6) is -0.419. The Kier molecular flexibility index (Phi) is 6.64. The predicted octanol–water partition coefficient (Wildman–Crippen LogP) is 3.31. The molecule has 0 aromatic rings. The van der Waals surface area contributed by atoms with Gasteiger partial charge in [-0.1, -0.05) is 44.0 Å². The maximum absolute atomic E-state index is 11.5. The molecule has 0 unspecified atom stereocenters. The summed E-state index contributed by atoms with van der Waals surface area (Å²) in [6.45, 7) is 12.5. The molecular weight excluding hydrogens is 188 g/mol. The zero-order chi connectivity index (χ0) is 11.7. The average Bonchev–Trinajstić information content (AvgIpc) is 2.24. The lowest BCUT2D eigenvalue weighted by molar-refractivity contribution is -0.133. The molecule has 0 spiro atoms. The smallest absolute Gasteiger partial charge is 0.339 e. The van der Waals surface area contributed by atoms with Gasteiger partial charge in [0, 0.05) is 5.57 Å². The normalized spacial score (nSPS) is 9.40. The number of carbonyl (C=O) groups is 1. The minimum atomic E-state index is -0.419. The molecule has 0 aromatic heterocycles. The van der Waals surface area contributed by atoms with Crippen LogP contribution >= 0.6 is 0 Å². The lowest BCUT2D eigenvalue weighted by Crippen LogP contribution is -2.05. The van der Waals surface area contributed by atoms with Crippen molar-refractivity contribution >= 4 is 5.97 Å². The zero-order valence-electron chi connectivity index (χ0n) is 9.03. The summed E-state index contributed by atoms with van der Waals surface area (Å²) in [6.07, 6.45) is 8.50. The molecule has 0 aliphatic rings. The van der Waals surface area contributed by atoms with Crippen LogP contribution in [0.25, 0.3) is 0 Å². The van der Waals surface area contributed by atoms with Gasteiger partial charge in [-0.3, -0.25) is 0 Å². The van der Waals surface area contributed by atoms with Crippen molar-refractivity contribution in [2.24, 2.45) is 0 Å². The van der Waals surface area contributed by atoms with Crippen LogP contribution in [-0.2, 0) is 9.53 Å². The highest BCUT2D eigenvalue weighted by Gasteiger charge is 2.11. The second kappa shape index (κ2) is 7.56. The third-order valence-corrected chi connectivity index (χ3v) is 1.78. The van der Waals surface area contributed by atoms with Crippen LogP contribution in [0, 0.1) is 0 Å². The second-order valence-corrected chi connectivity index (χ2v) is 2.69. The molecule has 0 atom stereocenters. The van der Waals surface area contributed by atoms with Crippen molar-refractivity contribution < 1.29 is 9.53 Å². The molecule has 0 aliphatic carbocycles. The second-order valence-electron chi connectivity index (χ2n) is 2.69. The summed E-state index contributed by atoms with van der Waals surface area (Å²) >= 11 is 0. The first-order valence-electron chi connectivity index (χ1n) is 4.62. The molecule has 0 heterocycles. The number of ether oxygens (including phenoxy) is 1. The standard InChI is InChI=1S/C13H16O2/c1-5-9-10-12(11(6-2)7-3)13(14)15-8-4/h5-9H,2-4,10H2,1H3. The van der Waals surface area contributed by atoms with Gasteiger partial charge in [0.05, 0.1) is 6.26 Å². The summed E-state index contributed by atoms with van der Waals surface area (Å²) < 4.78 is 4.72. The van der Waals surface area contributed by atoms with Crippen molar-refractivity contribution in [3.63, 3.8) is 0 Å². The van der Waals surface area contributed by atoms with Gasteiger partial charge in [-0.25, -0.2) is 4.79 Å². The zero-order valence-corrected chi connectivity index (χ0v) is 9.03. The molecule has 0 saturated heterocycles. The Morgan fingerprint density at radius 1 is 1.27 bits per heavy atom. The first-order chi connectivity index (χ1) is 7.21. The molecule has 0 radical (unpaired) electrons. The fourth-order valence-electron chi connectivity index (χ4n) is 1.03. The minimum Gasteiger partial charge on any atom is -0.432 e. The Hall–Kier alpha value is -1.83. The Balaban J connectivity index is 5.09. The van der Waals surface area contributed by atoms with E-state index in [0.717, 1.165) is 6.26 Å². The Labute approximate surface area is 90.9 Å². The molecule has 0 aliphatic heterocycles. The van der Waals surface area contributed by atoms with Crippen LogP contribution in [-0.4, -0.2) is 5.97 Å². The van der Waals surface area contributed by atoms with Crippen molar-refractivity contribution in [1.29, 1.82) is 0 Å². The highest BCUT2D eigenvalue weighted by Crippen LogP contribution is 2.14. The molecule has 2 nitrogen and oxygen atoms in total. The number of allylic oxidation sites excluding steroid dienone is 5. The van der Waals surface area contributed by atoms with Crippen molar-refractivity contribution in [3.8, 4) is 0 Å². The number of hydrogen-bond donors (Lipinski definition) is 0. The van der Waals surface area contributed by atoms with Gasteiger partial charge < -0.3 is 4.74 Å². The highest BCUT2D eigenvalue weighted by atomic mass is 16.5. The number of carbonyl (C=O) groups excluding carboxylic acids is 1. The van der Waals surface area contributed by atoms with E-state index in [0.29, 0.717) is 17.6 Å². The molecule has 0 aromatic carbocycles. The van der Waals surface area contributed by atoms with Crippen LogP contribution in [0.1, 0.15) is 13.3 Å². The van der Waals surface area contributed by atoms with E-state index in [2.05, 4.69) is 19.7 Å². The highest BCUT2D eigenvalue weighted by molar-refractivity contribution is 5.91. The summed E-state index contributed by atoms with van der Waals surface area (Å²) in [6, 6.07) is 0. The fourth-order valence-corrected chi connectivity index (χ4v) is 1.03. The van der Waals surface area contributed by atoms with Gasteiger partial charge in [0.1, 0.15) is 0 Å². The maximum Gasteiger partial charge on any atom is 0.339 e. The summed E-state index contributed by atoms with van der Waals surface area (Å²) in [5, 5.41) is 0. The van der Waals surface area contributed by atoms with E-state index in [4.69, 9.17) is 4.74 Å². The average molecular weight is 204 g/mol. The van der Waals surface area contributed by atoms with Gasteiger partial charge in [-0.2, -0.15) is 0 Å². The summed E-state index contributed by atoms with van der Waals surface area (Å²) in [4.78, 5) is 11.5. The van der Waals surface area contributed by atoms with Crippen LogP contribution in [0.3, 0.4) is 0 Å². The van der Waals surface area contributed by atoms with Crippen LogP contribution in [0.5, 0.6) is 0 Å². The van der Waals surface area contributed by atoms with Gasteiger partial charge in [-0.05, 0) is 18.9 Å². The molecule has 0 saturated carbocycles. The van der Waals surface area contributed by atoms with Crippen LogP contribution in [0.4, 0.5) is 0 Å². The maximum atomic E-state index is 11.5. The molecule has 0 bridgehead atoms. The van der Waals surface area contributed by atoms with Crippen LogP contribution in [0.15, 0.2) is 61.4 Å². The van der Waals surface area contributed by atoms with E-state index in [1.807, 2.05) is 19.1 Å². The molecule has 2 heteroatoms. The Bertz CT molecular complexity index is 309. The van der Waals surface area contributed by atoms with E-state index in [1.54, 1.807) is 12.2 Å². The van der Waals surface area contributed by atoms with E-state index in [9.17, 15) is 4.79 Å². The minimum absolute atomic E-state index is 0.419. The predicted molar refractivity (Wildman–Crippen MR) is 63.1 cm³/mol. The quantitative estimate of drug-likeness (QED) is 0.218. The van der Waals surface area contributed by atoms with Crippen molar-refractivity contribution in [2.75, 3.05) is 0 Å². The van der Waals surface area contributed by atoms with Gasteiger partial charge >= 0.3 is 5.97 Å². The van der Waals surface area contributed by atoms with Crippen LogP contribution < -0.4 is 0 Å². The SMILES string of the molecule is C=COC(=O)C(CC=CC)=C(C=C)C=C. The van der Waals surface area contributed by atoms with Gasteiger partial charge in [-0.15, -0.1) is 0 Å². The molecule has 0 rings (SSSR count). The van der Waals surface area contributed by atoms with Gasteiger partial charge in [0.2, 0.25) is 0 Å². The first kappa shape index (κ1) is 13.2. The molecule has 80 valence electrons. The van der Waals surface area contributed by atoms with Gasteiger partial charge in [0.25, 0.3) is 0 Å². The van der Waals surface area contributed by atoms with E-state index < -0.39 is 5.97 Å². The van der Waals surface area contributed by atoms with Crippen molar-refractivity contribution in [1.82, 2.24) is 0 Å². The number of hydrogen-bond acceptors (Lipinski definition) is 2. The monoisotopic (exact) mass is 204 g/mol. The lowest BCUT2D eigenvalue weighted by atomic mass is 10.0.